The quantitative estimate of drug-likeness (QED) is 0.803. The third-order valence-corrected chi connectivity index (χ3v) is 7.47. The second kappa shape index (κ2) is 9.17. The molecule has 2 aliphatic rings. The first-order valence-electron chi connectivity index (χ1n) is 10.0. The zero-order valence-electron chi connectivity index (χ0n) is 16.2. The first-order valence-corrected chi connectivity index (χ1v) is 11.5. The Kier molecular flexibility index (Phi) is 6.89. The third kappa shape index (κ3) is 5.30. The van der Waals surface area contributed by atoms with Gasteiger partial charge >= 0.3 is 0 Å². The Hall–Kier alpha value is -1.44. The summed E-state index contributed by atoms with van der Waals surface area (Å²) in [5.41, 5.74) is 1.03. The summed E-state index contributed by atoms with van der Waals surface area (Å²) >= 11 is 0. The average molecular weight is 394 g/mol. The van der Waals surface area contributed by atoms with Crippen LogP contribution in [-0.2, 0) is 14.8 Å². The van der Waals surface area contributed by atoms with E-state index in [1.807, 2.05) is 19.1 Å². The van der Waals surface area contributed by atoms with Gasteiger partial charge in [0.25, 0.3) is 0 Å². The fourth-order valence-electron chi connectivity index (χ4n) is 3.90. The van der Waals surface area contributed by atoms with E-state index in [1.165, 1.54) is 23.6 Å². The standard InChI is InChI=1S/C20H31N3O3S/c1-17-7-9-19(10-8-17)27(25,26)23-14-5-6-18(16-23)20(24)21-11-15-22-12-3-2-4-13-22/h7-10,18H,2-6,11-16H2,1H3,(H,21,24). The molecule has 2 heterocycles. The molecule has 1 amide bonds. The lowest BCUT2D eigenvalue weighted by Crippen LogP contribution is -2.46. The maximum absolute atomic E-state index is 12.9. The van der Waals surface area contributed by atoms with E-state index < -0.39 is 10.0 Å². The van der Waals surface area contributed by atoms with Gasteiger partial charge in [-0.05, 0) is 57.8 Å². The molecule has 1 unspecified atom stereocenters. The van der Waals surface area contributed by atoms with Crippen molar-refractivity contribution in [2.75, 3.05) is 39.3 Å². The minimum atomic E-state index is -3.54. The molecule has 1 aromatic carbocycles. The van der Waals surface area contributed by atoms with E-state index >= 15 is 0 Å². The molecule has 1 aromatic rings. The number of benzene rings is 1. The highest BCUT2D eigenvalue weighted by Crippen LogP contribution is 2.24. The summed E-state index contributed by atoms with van der Waals surface area (Å²) in [5.74, 6) is -0.281. The Morgan fingerprint density at radius 1 is 1.07 bits per heavy atom. The van der Waals surface area contributed by atoms with Crippen LogP contribution in [-0.4, -0.2) is 62.8 Å². The molecule has 1 atom stereocenters. The van der Waals surface area contributed by atoms with E-state index in [2.05, 4.69) is 10.2 Å². The van der Waals surface area contributed by atoms with Gasteiger partial charge in [-0.2, -0.15) is 4.31 Å². The lowest BCUT2D eigenvalue weighted by molar-refractivity contribution is -0.126. The lowest BCUT2D eigenvalue weighted by Gasteiger charge is -2.31. The van der Waals surface area contributed by atoms with Crippen LogP contribution in [0.2, 0.25) is 0 Å². The van der Waals surface area contributed by atoms with E-state index in [0.29, 0.717) is 18.0 Å². The summed E-state index contributed by atoms with van der Waals surface area (Å²) < 4.78 is 27.2. The summed E-state index contributed by atoms with van der Waals surface area (Å²) in [5, 5.41) is 3.02. The fraction of sp³-hybridized carbons (Fsp3) is 0.650. The Morgan fingerprint density at radius 3 is 2.48 bits per heavy atom. The normalized spacial score (nSPS) is 22.5. The molecule has 0 radical (unpaired) electrons. The molecule has 3 rings (SSSR count). The molecule has 7 heteroatoms. The molecule has 2 fully saturated rings. The smallest absolute Gasteiger partial charge is 0.243 e. The van der Waals surface area contributed by atoms with Crippen molar-refractivity contribution in [3.63, 3.8) is 0 Å². The molecule has 0 bridgehead atoms. The van der Waals surface area contributed by atoms with Crippen LogP contribution in [0.25, 0.3) is 0 Å². The number of piperidine rings is 2. The molecule has 2 saturated heterocycles. The van der Waals surface area contributed by atoms with Gasteiger partial charge in [0.1, 0.15) is 0 Å². The van der Waals surface area contributed by atoms with Gasteiger partial charge in [0, 0.05) is 26.2 Å². The average Bonchev–Trinajstić information content (AvgIpc) is 2.69. The molecular weight excluding hydrogens is 362 g/mol. The van der Waals surface area contributed by atoms with Crippen molar-refractivity contribution in [2.45, 2.75) is 43.9 Å². The van der Waals surface area contributed by atoms with Gasteiger partial charge in [-0.3, -0.25) is 4.79 Å². The maximum Gasteiger partial charge on any atom is 0.243 e. The minimum absolute atomic E-state index is 0.0178. The van der Waals surface area contributed by atoms with Crippen molar-refractivity contribution in [3.8, 4) is 0 Å². The van der Waals surface area contributed by atoms with Crippen molar-refractivity contribution in [1.82, 2.24) is 14.5 Å². The number of likely N-dealkylation sites (tertiary alicyclic amines) is 1. The number of amides is 1. The molecule has 1 N–H and O–H groups in total. The highest BCUT2D eigenvalue weighted by atomic mass is 32.2. The van der Waals surface area contributed by atoms with Gasteiger partial charge in [0.05, 0.1) is 10.8 Å². The first-order chi connectivity index (χ1) is 13.0. The zero-order chi connectivity index (χ0) is 19.3. The van der Waals surface area contributed by atoms with Crippen LogP contribution in [0.3, 0.4) is 0 Å². The first kappa shape index (κ1) is 20.3. The highest BCUT2D eigenvalue weighted by Gasteiger charge is 2.33. The Labute approximate surface area is 163 Å². The van der Waals surface area contributed by atoms with Crippen molar-refractivity contribution in [3.05, 3.63) is 29.8 Å². The van der Waals surface area contributed by atoms with Crippen LogP contribution in [0, 0.1) is 12.8 Å². The van der Waals surface area contributed by atoms with E-state index in [-0.39, 0.29) is 18.4 Å². The third-order valence-electron chi connectivity index (χ3n) is 5.59. The molecule has 0 spiro atoms. The van der Waals surface area contributed by atoms with Gasteiger partial charge in [0.15, 0.2) is 0 Å². The van der Waals surface area contributed by atoms with E-state index in [0.717, 1.165) is 38.0 Å². The Bertz CT molecular complexity index is 727. The molecule has 0 aromatic heterocycles. The van der Waals surface area contributed by atoms with E-state index in [1.54, 1.807) is 12.1 Å². The predicted octanol–water partition coefficient (Wildman–Crippen LogP) is 2.00. The SMILES string of the molecule is Cc1ccc(S(=O)(=O)N2CCCC(C(=O)NCCN3CCCCC3)C2)cc1. The van der Waals surface area contributed by atoms with Gasteiger partial charge in [-0.25, -0.2) is 8.42 Å². The van der Waals surface area contributed by atoms with E-state index in [4.69, 9.17) is 0 Å². The van der Waals surface area contributed by atoms with E-state index in [9.17, 15) is 13.2 Å². The van der Waals surface area contributed by atoms with Crippen LogP contribution in [0.1, 0.15) is 37.7 Å². The van der Waals surface area contributed by atoms with Crippen molar-refractivity contribution >= 4 is 15.9 Å². The summed E-state index contributed by atoms with van der Waals surface area (Å²) in [6, 6.07) is 6.91. The van der Waals surface area contributed by atoms with Crippen LogP contribution < -0.4 is 5.32 Å². The molecule has 0 saturated carbocycles. The lowest BCUT2D eigenvalue weighted by atomic mass is 9.99. The summed E-state index contributed by atoms with van der Waals surface area (Å²) in [7, 11) is -3.54. The fourth-order valence-corrected chi connectivity index (χ4v) is 5.42. The Balaban J connectivity index is 1.53. The van der Waals surface area contributed by atoms with Gasteiger partial charge in [-0.1, -0.05) is 24.1 Å². The van der Waals surface area contributed by atoms with Crippen molar-refractivity contribution in [1.29, 1.82) is 0 Å². The number of hydrogen-bond acceptors (Lipinski definition) is 4. The van der Waals surface area contributed by atoms with Gasteiger partial charge in [-0.15, -0.1) is 0 Å². The molecule has 150 valence electrons. The maximum atomic E-state index is 12.9. The number of rotatable bonds is 6. The minimum Gasteiger partial charge on any atom is -0.355 e. The van der Waals surface area contributed by atoms with Crippen LogP contribution in [0.5, 0.6) is 0 Å². The Morgan fingerprint density at radius 2 is 1.78 bits per heavy atom. The number of nitrogens with one attached hydrogen (secondary N) is 1. The molecule has 2 aliphatic heterocycles. The van der Waals surface area contributed by atoms with Crippen LogP contribution in [0.15, 0.2) is 29.2 Å². The largest absolute Gasteiger partial charge is 0.355 e. The highest BCUT2D eigenvalue weighted by molar-refractivity contribution is 7.89. The predicted molar refractivity (Wildman–Crippen MR) is 106 cm³/mol. The molecule has 0 aliphatic carbocycles. The van der Waals surface area contributed by atoms with Crippen molar-refractivity contribution in [2.24, 2.45) is 5.92 Å². The van der Waals surface area contributed by atoms with Crippen molar-refractivity contribution < 1.29 is 13.2 Å². The summed E-state index contributed by atoms with van der Waals surface area (Å²) in [4.78, 5) is 15.2. The van der Waals surface area contributed by atoms with Gasteiger partial charge in [0.2, 0.25) is 15.9 Å². The number of sulfonamides is 1. The second-order valence-electron chi connectivity index (χ2n) is 7.71. The van der Waals surface area contributed by atoms with Gasteiger partial charge < -0.3 is 10.2 Å². The van der Waals surface area contributed by atoms with Crippen LogP contribution in [0.4, 0.5) is 0 Å². The number of nitrogens with zero attached hydrogens (tertiary/aromatic N) is 2. The molecule has 27 heavy (non-hydrogen) atoms. The summed E-state index contributed by atoms with van der Waals surface area (Å²) in [6.07, 6.45) is 5.24. The number of carbonyl (C=O) groups excluding carboxylic acids is 1. The summed E-state index contributed by atoms with van der Waals surface area (Å²) in [6.45, 7) is 6.43. The number of aryl methyl sites for hydroxylation is 1. The zero-order valence-corrected chi connectivity index (χ0v) is 17.0. The van der Waals surface area contributed by atoms with Crippen LogP contribution >= 0.6 is 0 Å². The number of carbonyl (C=O) groups is 1. The topological polar surface area (TPSA) is 69.7 Å². The molecular formula is C20H31N3O3S. The monoisotopic (exact) mass is 393 g/mol. The number of hydrogen-bond donors (Lipinski definition) is 1. The second-order valence-corrected chi connectivity index (χ2v) is 9.65. The molecule has 6 nitrogen and oxygen atoms in total.